The summed E-state index contributed by atoms with van der Waals surface area (Å²) in [6, 6.07) is 2.94. The first-order chi connectivity index (χ1) is 8.11. The van der Waals surface area contributed by atoms with Crippen molar-refractivity contribution >= 4 is 11.8 Å². The number of esters is 1. The number of Topliss-reactive ketones (excluding diaryl/α,β-unsaturated/α-hetero) is 1. The molecule has 1 aromatic rings. The number of rotatable bonds is 3. The highest BCUT2D eigenvalue weighted by Gasteiger charge is 2.31. The van der Waals surface area contributed by atoms with E-state index in [-0.39, 0.29) is 29.3 Å². The molecule has 1 aliphatic rings. The number of furan rings is 1. The van der Waals surface area contributed by atoms with Crippen molar-refractivity contribution in [2.75, 3.05) is 13.7 Å². The van der Waals surface area contributed by atoms with E-state index in [2.05, 4.69) is 4.74 Å². The van der Waals surface area contributed by atoms with Crippen LogP contribution in [0.4, 0.5) is 0 Å². The third-order valence-corrected chi connectivity index (χ3v) is 2.80. The van der Waals surface area contributed by atoms with Gasteiger partial charge in [0.1, 0.15) is 0 Å². The van der Waals surface area contributed by atoms with E-state index < -0.39 is 5.97 Å². The van der Waals surface area contributed by atoms with Crippen molar-refractivity contribution in [1.29, 1.82) is 0 Å². The van der Waals surface area contributed by atoms with Crippen LogP contribution < -0.4 is 0 Å². The van der Waals surface area contributed by atoms with E-state index in [9.17, 15) is 9.59 Å². The predicted octanol–water partition coefficient (Wildman–Crippen LogP) is 1.67. The van der Waals surface area contributed by atoms with Crippen molar-refractivity contribution in [1.82, 2.24) is 0 Å². The van der Waals surface area contributed by atoms with Crippen molar-refractivity contribution in [2.24, 2.45) is 5.92 Å². The molecular formula is C12H14O5. The van der Waals surface area contributed by atoms with E-state index in [1.54, 1.807) is 0 Å². The first kappa shape index (κ1) is 11.9. The van der Waals surface area contributed by atoms with Gasteiger partial charge in [-0.05, 0) is 25.5 Å². The first-order valence-corrected chi connectivity index (χ1v) is 5.45. The fraction of sp³-hybridized carbons (Fsp3) is 0.500. The lowest BCUT2D eigenvalue weighted by atomic mass is 9.99. The van der Waals surface area contributed by atoms with Crippen LogP contribution in [0.2, 0.25) is 0 Å². The number of methoxy groups -OCH3 is 1. The zero-order valence-corrected chi connectivity index (χ0v) is 9.76. The summed E-state index contributed by atoms with van der Waals surface area (Å²) in [4.78, 5) is 23.2. The second-order valence-corrected chi connectivity index (χ2v) is 4.10. The molecule has 2 rings (SSSR count). The normalized spacial score (nSPS) is 23.6. The van der Waals surface area contributed by atoms with Gasteiger partial charge in [0.05, 0.1) is 25.7 Å². The van der Waals surface area contributed by atoms with E-state index in [1.807, 2.05) is 6.92 Å². The monoisotopic (exact) mass is 238 g/mol. The number of ketones is 1. The van der Waals surface area contributed by atoms with Crippen molar-refractivity contribution < 1.29 is 23.5 Å². The summed E-state index contributed by atoms with van der Waals surface area (Å²) in [6.45, 7) is 2.34. The average molecular weight is 238 g/mol. The molecular weight excluding hydrogens is 224 g/mol. The fourth-order valence-electron chi connectivity index (χ4n) is 1.88. The third-order valence-electron chi connectivity index (χ3n) is 2.80. The Balaban J connectivity index is 2.09. The van der Waals surface area contributed by atoms with Crippen LogP contribution in [0.5, 0.6) is 0 Å². The summed E-state index contributed by atoms with van der Waals surface area (Å²) < 4.78 is 15.0. The molecule has 0 amide bonds. The Morgan fingerprint density at radius 2 is 2.06 bits per heavy atom. The maximum Gasteiger partial charge on any atom is 0.373 e. The summed E-state index contributed by atoms with van der Waals surface area (Å²) >= 11 is 0. The van der Waals surface area contributed by atoms with Crippen LogP contribution >= 0.6 is 0 Å². The Labute approximate surface area is 98.7 Å². The van der Waals surface area contributed by atoms with Gasteiger partial charge in [0, 0.05) is 0 Å². The van der Waals surface area contributed by atoms with Crippen LogP contribution in [0.15, 0.2) is 16.5 Å². The number of carbonyl (C=O) groups is 2. The standard InChI is InChI=1S/C12H14O5/c1-7-5-8(6-16-7)11(13)9-3-4-10(17-9)12(14)15-2/h3-4,7-8H,5-6H2,1-2H3. The molecule has 0 radical (unpaired) electrons. The molecule has 0 aliphatic carbocycles. The molecule has 2 atom stereocenters. The van der Waals surface area contributed by atoms with Gasteiger partial charge in [-0.15, -0.1) is 0 Å². The molecule has 5 nitrogen and oxygen atoms in total. The maximum atomic E-state index is 12.0. The van der Waals surface area contributed by atoms with E-state index in [4.69, 9.17) is 9.15 Å². The third kappa shape index (κ3) is 2.39. The number of carbonyl (C=O) groups excluding carboxylic acids is 2. The predicted molar refractivity (Wildman–Crippen MR) is 57.9 cm³/mol. The Morgan fingerprint density at radius 3 is 2.65 bits per heavy atom. The second kappa shape index (κ2) is 4.71. The van der Waals surface area contributed by atoms with Crippen LogP contribution in [0, 0.1) is 5.92 Å². The first-order valence-electron chi connectivity index (χ1n) is 5.45. The molecule has 0 bridgehead atoms. The fourth-order valence-corrected chi connectivity index (χ4v) is 1.88. The molecule has 1 aromatic heterocycles. The second-order valence-electron chi connectivity index (χ2n) is 4.10. The molecule has 1 aliphatic heterocycles. The van der Waals surface area contributed by atoms with Gasteiger partial charge in [0.2, 0.25) is 11.5 Å². The molecule has 0 saturated carbocycles. The molecule has 92 valence electrons. The van der Waals surface area contributed by atoms with Gasteiger partial charge in [-0.3, -0.25) is 4.79 Å². The van der Waals surface area contributed by atoms with Gasteiger partial charge < -0.3 is 13.9 Å². The smallest absolute Gasteiger partial charge is 0.373 e. The summed E-state index contributed by atoms with van der Waals surface area (Å²) in [5.74, 6) is -0.651. The SMILES string of the molecule is COC(=O)c1ccc(C(=O)C2COC(C)C2)o1. The van der Waals surface area contributed by atoms with E-state index in [0.717, 1.165) is 0 Å². The Kier molecular flexibility index (Phi) is 3.28. The van der Waals surface area contributed by atoms with Gasteiger partial charge >= 0.3 is 5.97 Å². The minimum Gasteiger partial charge on any atom is -0.463 e. The molecule has 1 fully saturated rings. The minimum absolute atomic E-state index is 0.0443. The van der Waals surface area contributed by atoms with Crippen LogP contribution in [0.3, 0.4) is 0 Å². The van der Waals surface area contributed by atoms with Crippen molar-refractivity contribution in [3.8, 4) is 0 Å². The van der Waals surface area contributed by atoms with Crippen LogP contribution in [-0.4, -0.2) is 31.6 Å². The van der Waals surface area contributed by atoms with E-state index >= 15 is 0 Å². The number of hydrogen-bond donors (Lipinski definition) is 0. The molecule has 5 heteroatoms. The Bertz CT molecular complexity index is 434. The average Bonchev–Trinajstić information content (AvgIpc) is 2.95. The molecule has 2 unspecified atom stereocenters. The van der Waals surface area contributed by atoms with E-state index in [0.29, 0.717) is 13.0 Å². The van der Waals surface area contributed by atoms with E-state index in [1.165, 1.54) is 19.2 Å². The van der Waals surface area contributed by atoms with Gasteiger partial charge in [0.25, 0.3) is 0 Å². The summed E-state index contributed by atoms with van der Waals surface area (Å²) in [5, 5.41) is 0. The zero-order valence-electron chi connectivity index (χ0n) is 9.76. The van der Waals surface area contributed by atoms with Crippen molar-refractivity contribution in [2.45, 2.75) is 19.4 Å². The van der Waals surface area contributed by atoms with Crippen LogP contribution in [0.1, 0.15) is 34.5 Å². The lowest BCUT2D eigenvalue weighted by molar-refractivity contribution is 0.0562. The van der Waals surface area contributed by atoms with Crippen molar-refractivity contribution in [3.05, 3.63) is 23.7 Å². The van der Waals surface area contributed by atoms with Crippen LogP contribution in [0.25, 0.3) is 0 Å². The quantitative estimate of drug-likeness (QED) is 0.592. The minimum atomic E-state index is -0.583. The maximum absolute atomic E-state index is 12.0. The number of hydrogen-bond acceptors (Lipinski definition) is 5. The highest BCUT2D eigenvalue weighted by molar-refractivity contribution is 5.97. The highest BCUT2D eigenvalue weighted by atomic mass is 16.5. The molecule has 2 heterocycles. The van der Waals surface area contributed by atoms with Gasteiger partial charge in [0.15, 0.2) is 5.76 Å². The van der Waals surface area contributed by atoms with Gasteiger partial charge in [-0.25, -0.2) is 4.79 Å². The molecule has 0 spiro atoms. The van der Waals surface area contributed by atoms with Crippen LogP contribution in [-0.2, 0) is 9.47 Å². The molecule has 1 saturated heterocycles. The molecule has 0 N–H and O–H groups in total. The van der Waals surface area contributed by atoms with Gasteiger partial charge in [-0.1, -0.05) is 0 Å². The lowest BCUT2D eigenvalue weighted by Gasteiger charge is -2.02. The van der Waals surface area contributed by atoms with Gasteiger partial charge in [-0.2, -0.15) is 0 Å². The summed E-state index contributed by atoms with van der Waals surface area (Å²) in [6.07, 6.45) is 0.784. The lowest BCUT2D eigenvalue weighted by Crippen LogP contribution is -2.14. The topological polar surface area (TPSA) is 65.7 Å². The Hall–Kier alpha value is -1.62. The summed E-state index contributed by atoms with van der Waals surface area (Å²) in [5.41, 5.74) is 0. The Morgan fingerprint density at radius 1 is 1.35 bits per heavy atom. The molecule has 0 aromatic carbocycles. The molecule has 17 heavy (non-hydrogen) atoms. The zero-order chi connectivity index (χ0) is 12.4. The highest BCUT2D eigenvalue weighted by Crippen LogP contribution is 2.24. The summed E-state index contributed by atoms with van der Waals surface area (Å²) in [7, 11) is 1.26. The largest absolute Gasteiger partial charge is 0.463 e. The number of ether oxygens (including phenoxy) is 2. The van der Waals surface area contributed by atoms with Crippen molar-refractivity contribution in [3.63, 3.8) is 0 Å².